The summed E-state index contributed by atoms with van der Waals surface area (Å²) in [7, 11) is -3.51. The van der Waals surface area contributed by atoms with Gasteiger partial charge in [0.05, 0.1) is 8.68 Å². The zero-order chi connectivity index (χ0) is 13.2. The molecule has 2 rings (SSSR count). The Morgan fingerprint density at radius 3 is 2.67 bits per heavy atom. The normalized spacial score (nSPS) is 11.6. The SMILES string of the molecule is Nc1cccc(S(=O)(=O)NCc2ccc(Br)s2)c1. The predicted molar refractivity (Wildman–Crippen MR) is 76.9 cm³/mol. The first-order chi connectivity index (χ1) is 8.47. The van der Waals surface area contributed by atoms with Gasteiger partial charge < -0.3 is 5.73 Å². The maximum atomic E-state index is 12.0. The van der Waals surface area contributed by atoms with Gasteiger partial charge in [-0.05, 0) is 46.3 Å². The van der Waals surface area contributed by atoms with E-state index in [9.17, 15) is 8.42 Å². The molecule has 0 unspecified atom stereocenters. The number of nitrogen functional groups attached to an aromatic ring is 1. The Hall–Kier alpha value is -0.890. The van der Waals surface area contributed by atoms with Crippen LogP contribution in [-0.4, -0.2) is 8.42 Å². The zero-order valence-corrected chi connectivity index (χ0v) is 12.5. The van der Waals surface area contributed by atoms with Crippen molar-refractivity contribution in [2.45, 2.75) is 11.4 Å². The van der Waals surface area contributed by atoms with Crippen LogP contribution in [0.2, 0.25) is 0 Å². The second-order valence-corrected chi connectivity index (χ2v) is 7.92. The average Bonchev–Trinajstić information content (AvgIpc) is 2.73. The van der Waals surface area contributed by atoms with Gasteiger partial charge in [-0.3, -0.25) is 0 Å². The van der Waals surface area contributed by atoms with E-state index in [2.05, 4.69) is 20.7 Å². The van der Waals surface area contributed by atoms with Crippen LogP contribution in [0.3, 0.4) is 0 Å². The number of nitrogens with one attached hydrogen (secondary N) is 1. The molecule has 0 saturated heterocycles. The molecule has 0 fully saturated rings. The molecule has 1 aromatic carbocycles. The molecule has 0 spiro atoms. The van der Waals surface area contributed by atoms with Crippen LogP contribution in [0.5, 0.6) is 0 Å². The summed E-state index contributed by atoms with van der Waals surface area (Å²) >= 11 is 4.82. The van der Waals surface area contributed by atoms with Gasteiger partial charge in [0.1, 0.15) is 0 Å². The molecule has 0 aliphatic carbocycles. The molecule has 7 heteroatoms. The quantitative estimate of drug-likeness (QED) is 0.835. The highest BCUT2D eigenvalue weighted by atomic mass is 79.9. The number of rotatable bonds is 4. The van der Waals surface area contributed by atoms with Gasteiger partial charge in [0.15, 0.2) is 0 Å². The van der Waals surface area contributed by atoms with Crippen molar-refractivity contribution in [3.05, 3.63) is 45.1 Å². The highest BCUT2D eigenvalue weighted by Crippen LogP contribution is 2.22. The lowest BCUT2D eigenvalue weighted by atomic mass is 10.3. The lowest BCUT2D eigenvalue weighted by Crippen LogP contribution is -2.22. The maximum Gasteiger partial charge on any atom is 0.240 e. The Balaban J connectivity index is 2.13. The van der Waals surface area contributed by atoms with Gasteiger partial charge >= 0.3 is 0 Å². The second-order valence-electron chi connectivity index (χ2n) is 3.60. The van der Waals surface area contributed by atoms with Gasteiger partial charge in [-0.15, -0.1) is 11.3 Å². The summed E-state index contributed by atoms with van der Waals surface area (Å²) in [5, 5.41) is 0. The number of nitrogens with two attached hydrogens (primary N) is 1. The van der Waals surface area contributed by atoms with Crippen molar-refractivity contribution in [3.8, 4) is 0 Å². The molecular weight excluding hydrogens is 336 g/mol. The molecule has 0 bridgehead atoms. The second kappa shape index (κ2) is 5.40. The van der Waals surface area contributed by atoms with Crippen LogP contribution < -0.4 is 10.5 Å². The third-order valence-corrected chi connectivity index (χ3v) is 5.26. The van der Waals surface area contributed by atoms with Crippen molar-refractivity contribution in [1.82, 2.24) is 4.72 Å². The molecule has 0 radical (unpaired) electrons. The van der Waals surface area contributed by atoms with E-state index in [1.54, 1.807) is 12.1 Å². The van der Waals surface area contributed by atoms with E-state index < -0.39 is 10.0 Å². The summed E-state index contributed by atoms with van der Waals surface area (Å²) in [5.74, 6) is 0. The molecule has 0 aliphatic heterocycles. The molecule has 2 aromatic rings. The van der Waals surface area contributed by atoms with Crippen LogP contribution in [-0.2, 0) is 16.6 Å². The van der Waals surface area contributed by atoms with Crippen molar-refractivity contribution >= 4 is 43.0 Å². The van der Waals surface area contributed by atoms with E-state index >= 15 is 0 Å². The summed E-state index contributed by atoms with van der Waals surface area (Å²) in [6.07, 6.45) is 0. The number of hydrogen-bond acceptors (Lipinski definition) is 4. The molecule has 18 heavy (non-hydrogen) atoms. The Morgan fingerprint density at radius 2 is 2.06 bits per heavy atom. The minimum absolute atomic E-state index is 0.179. The first kappa shape index (κ1) is 13.5. The lowest BCUT2D eigenvalue weighted by molar-refractivity contribution is 0.582. The van der Waals surface area contributed by atoms with E-state index in [0.717, 1.165) is 8.66 Å². The molecule has 96 valence electrons. The maximum absolute atomic E-state index is 12.0. The molecule has 0 saturated carbocycles. The van der Waals surface area contributed by atoms with Gasteiger partial charge in [0.25, 0.3) is 0 Å². The van der Waals surface area contributed by atoms with E-state index in [4.69, 9.17) is 5.73 Å². The fraction of sp³-hybridized carbons (Fsp3) is 0.0909. The largest absolute Gasteiger partial charge is 0.399 e. The number of anilines is 1. The van der Waals surface area contributed by atoms with Crippen LogP contribution in [0.4, 0.5) is 5.69 Å². The molecule has 4 nitrogen and oxygen atoms in total. The average molecular weight is 347 g/mol. The number of halogens is 1. The van der Waals surface area contributed by atoms with Crippen molar-refractivity contribution in [2.75, 3.05) is 5.73 Å². The van der Waals surface area contributed by atoms with Gasteiger partial charge in [0, 0.05) is 17.1 Å². The monoisotopic (exact) mass is 346 g/mol. The number of sulfonamides is 1. The van der Waals surface area contributed by atoms with Crippen molar-refractivity contribution < 1.29 is 8.42 Å². The first-order valence-electron chi connectivity index (χ1n) is 5.07. The summed E-state index contributed by atoms with van der Waals surface area (Å²) in [6.45, 7) is 0.271. The van der Waals surface area contributed by atoms with E-state index in [-0.39, 0.29) is 11.4 Å². The molecule has 0 amide bonds. The topological polar surface area (TPSA) is 72.2 Å². The fourth-order valence-corrected chi connectivity index (χ4v) is 3.95. The molecule has 3 N–H and O–H groups in total. The van der Waals surface area contributed by atoms with Crippen LogP contribution in [0, 0.1) is 0 Å². The predicted octanol–water partition coefficient (Wildman–Crippen LogP) is 2.57. The smallest absolute Gasteiger partial charge is 0.240 e. The Kier molecular flexibility index (Phi) is 4.06. The van der Waals surface area contributed by atoms with Crippen LogP contribution in [0.1, 0.15) is 4.88 Å². The standard InChI is InChI=1S/C11H11BrN2O2S2/c12-11-5-4-9(17-11)7-14-18(15,16)10-3-1-2-8(13)6-10/h1-6,14H,7,13H2. The highest BCUT2D eigenvalue weighted by Gasteiger charge is 2.14. The molecule has 0 aliphatic rings. The zero-order valence-electron chi connectivity index (χ0n) is 9.26. The Morgan fingerprint density at radius 1 is 1.28 bits per heavy atom. The Labute approximate surface area is 118 Å². The molecule has 0 atom stereocenters. The van der Waals surface area contributed by atoms with Gasteiger partial charge in [0.2, 0.25) is 10.0 Å². The van der Waals surface area contributed by atoms with Crippen LogP contribution in [0.25, 0.3) is 0 Å². The minimum atomic E-state index is -3.51. The fourth-order valence-electron chi connectivity index (χ4n) is 1.38. The summed E-state index contributed by atoms with van der Waals surface area (Å²) in [5.41, 5.74) is 6.00. The van der Waals surface area contributed by atoms with Gasteiger partial charge in [-0.1, -0.05) is 6.07 Å². The molecule has 1 aromatic heterocycles. The number of thiophene rings is 1. The van der Waals surface area contributed by atoms with Crippen LogP contribution >= 0.6 is 27.3 Å². The highest BCUT2D eigenvalue weighted by molar-refractivity contribution is 9.11. The van der Waals surface area contributed by atoms with Crippen LogP contribution in [0.15, 0.2) is 45.1 Å². The molecular formula is C11H11BrN2O2S2. The lowest BCUT2D eigenvalue weighted by Gasteiger charge is -2.06. The minimum Gasteiger partial charge on any atom is -0.399 e. The first-order valence-corrected chi connectivity index (χ1v) is 8.16. The van der Waals surface area contributed by atoms with Crippen molar-refractivity contribution in [2.24, 2.45) is 0 Å². The van der Waals surface area contributed by atoms with E-state index in [0.29, 0.717) is 5.69 Å². The van der Waals surface area contributed by atoms with Crippen molar-refractivity contribution in [3.63, 3.8) is 0 Å². The van der Waals surface area contributed by atoms with Crippen molar-refractivity contribution in [1.29, 1.82) is 0 Å². The third-order valence-electron chi connectivity index (χ3n) is 2.23. The van der Waals surface area contributed by atoms with E-state index in [1.807, 2.05) is 12.1 Å². The summed E-state index contributed by atoms with van der Waals surface area (Å²) in [6, 6.07) is 9.97. The van der Waals surface area contributed by atoms with Gasteiger partial charge in [-0.2, -0.15) is 0 Å². The molecule has 1 heterocycles. The third kappa shape index (κ3) is 3.32. The number of benzene rings is 1. The van der Waals surface area contributed by atoms with Gasteiger partial charge in [-0.25, -0.2) is 13.1 Å². The Bertz CT molecular complexity index is 653. The van der Waals surface area contributed by atoms with E-state index in [1.165, 1.54) is 23.5 Å². The summed E-state index contributed by atoms with van der Waals surface area (Å²) < 4.78 is 27.5. The number of hydrogen-bond donors (Lipinski definition) is 2. The summed E-state index contributed by atoms with van der Waals surface area (Å²) in [4.78, 5) is 1.12.